The first-order valence-corrected chi connectivity index (χ1v) is 18.5. The minimum atomic E-state index is 0.991. The van der Waals surface area contributed by atoms with Crippen molar-refractivity contribution in [3.63, 3.8) is 0 Å². The number of aryl methyl sites for hydroxylation is 2. The Bertz CT molecular complexity index is 2450. The standard InChI is InChI=1S/C52H42N2/c1-37-14-10-12-20-49(37)50-35-28-45(36-51(50)39(3)53-52-21-13-11-15-38(52)2)44-26-33-48(34-27-44)54(46-29-22-42(23-30-46)40-16-6-4-7-17-40)47-31-24-43(25-32-47)41-18-8-5-9-19-41/h4-36H,1-3H3/b53-39+. The van der Waals surface area contributed by atoms with Crippen LogP contribution in [0.1, 0.15) is 23.6 Å². The molecule has 54 heavy (non-hydrogen) atoms. The average molecular weight is 695 g/mol. The fourth-order valence-corrected chi connectivity index (χ4v) is 7.18. The van der Waals surface area contributed by atoms with Crippen molar-refractivity contribution < 1.29 is 0 Å². The summed E-state index contributed by atoms with van der Waals surface area (Å²) in [7, 11) is 0. The van der Waals surface area contributed by atoms with Crippen LogP contribution in [0.2, 0.25) is 0 Å². The number of para-hydroxylation sites is 1. The van der Waals surface area contributed by atoms with Crippen molar-refractivity contribution in [3.05, 3.63) is 217 Å². The topological polar surface area (TPSA) is 15.6 Å². The number of rotatable bonds is 9. The van der Waals surface area contributed by atoms with E-state index in [-0.39, 0.29) is 0 Å². The van der Waals surface area contributed by atoms with Crippen molar-refractivity contribution in [2.24, 2.45) is 4.99 Å². The summed E-state index contributed by atoms with van der Waals surface area (Å²) in [6.07, 6.45) is 0. The lowest BCUT2D eigenvalue weighted by Crippen LogP contribution is -2.09. The molecular weight excluding hydrogens is 653 g/mol. The molecule has 0 aromatic heterocycles. The Kier molecular flexibility index (Phi) is 9.82. The van der Waals surface area contributed by atoms with Gasteiger partial charge in [0.05, 0.1) is 5.69 Å². The van der Waals surface area contributed by atoms with Gasteiger partial charge < -0.3 is 4.90 Å². The van der Waals surface area contributed by atoms with Crippen LogP contribution in [0, 0.1) is 13.8 Å². The van der Waals surface area contributed by atoms with E-state index in [2.05, 4.69) is 226 Å². The third-order valence-corrected chi connectivity index (χ3v) is 10.2. The largest absolute Gasteiger partial charge is 0.311 e. The summed E-state index contributed by atoms with van der Waals surface area (Å²) in [6, 6.07) is 71.4. The summed E-state index contributed by atoms with van der Waals surface area (Å²) in [5.74, 6) is 0. The van der Waals surface area contributed by atoms with Crippen LogP contribution >= 0.6 is 0 Å². The minimum absolute atomic E-state index is 0.991. The highest BCUT2D eigenvalue weighted by Crippen LogP contribution is 2.39. The SMILES string of the molecule is C/C(=N\c1ccccc1C)c1cc(-c2ccc(N(c3ccc(-c4ccccc4)cc3)c3ccc(-c4ccccc4)cc3)cc2)ccc1-c1ccccc1C. The molecule has 2 heteroatoms. The highest BCUT2D eigenvalue weighted by Gasteiger charge is 2.16. The summed E-state index contributed by atoms with van der Waals surface area (Å²) in [5, 5.41) is 0. The number of nitrogens with zero attached hydrogens (tertiary/aromatic N) is 2. The van der Waals surface area contributed by atoms with E-state index >= 15 is 0 Å². The van der Waals surface area contributed by atoms with Gasteiger partial charge in [0, 0.05) is 28.3 Å². The van der Waals surface area contributed by atoms with Gasteiger partial charge in [0.2, 0.25) is 0 Å². The molecule has 0 aliphatic carbocycles. The zero-order valence-corrected chi connectivity index (χ0v) is 30.9. The van der Waals surface area contributed by atoms with Crippen molar-refractivity contribution in [1.29, 1.82) is 0 Å². The minimum Gasteiger partial charge on any atom is -0.311 e. The third kappa shape index (κ3) is 7.28. The number of benzene rings is 8. The molecule has 0 unspecified atom stereocenters. The lowest BCUT2D eigenvalue weighted by atomic mass is 9.91. The molecule has 0 atom stereocenters. The first-order valence-electron chi connectivity index (χ1n) is 18.5. The van der Waals surface area contributed by atoms with Crippen molar-refractivity contribution >= 4 is 28.5 Å². The van der Waals surface area contributed by atoms with Crippen LogP contribution in [-0.4, -0.2) is 5.71 Å². The van der Waals surface area contributed by atoms with E-state index < -0.39 is 0 Å². The Labute approximate surface area is 319 Å². The van der Waals surface area contributed by atoms with Crippen LogP contribution < -0.4 is 4.90 Å². The second kappa shape index (κ2) is 15.5. The Morgan fingerprint density at radius 2 is 0.778 bits per heavy atom. The van der Waals surface area contributed by atoms with Crippen molar-refractivity contribution in [2.75, 3.05) is 4.90 Å². The third-order valence-electron chi connectivity index (χ3n) is 10.2. The van der Waals surface area contributed by atoms with Gasteiger partial charge >= 0.3 is 0 Å². The predicted molar refractivity (Wildman–Crippen MR) is 231 cm³/mol. The molecule has 0 radical (unpaired) electrons. The normalized spacial score (nSPS) is 11.4. The molecule has 0 N–H and O–H groups in total. The van der Waals surface area contributed by atoms with E-state index in [0.29, 0.717) is 0 Å². The number of hydrogen-bond donors (Lipinski definition) is 0. The van der Waals surface area contributed by atoms with Crippen LogP contribution in [0.15, 0.2) is 205 Å². The molecule has 0 bridgehead atoms. The van der Waals surface area contributed by atoms with E-state index in [1.54, 1.807) is 0 Å². The van der Waals surface area contributed by atoms with Gasteiger partial charge in [0.25, 0.3) is 0 Å². The average Bonchev–Trinajstić information content (AvgIpc) is 3.23. The first-order chi connectivity index (χ1) is 26.5. The molecule has 260 valence electrons. The molecule has 0 heterocycles. The molecule has 8 rings (SSSR count). The van der Waals surface area contributed by atoms with Crippen molar-refractivity contribution in [3.8, 4) is 44.5 Å². The van der Waals surface area contributed by atoms with Gasteiger partial charge in [0.1, 0.15) is 0 Å². The van der Waals surface area contributed by atoms with Crippen LogP contribution in [0.5, 0.6) is 0 Å². The van der Waals surface area contributed by atoms with Gasteiger partial charge in [-0.15, -0.1) is 0 Å². The quantitative estimate of drug-likeness (QED) is 0.137. The molecule has 8 aromatic carbocycles. The lowest BCUT2D eigenvalue weighted by Gasteiger charge is -2.26. The van der Waals surface area contributed by atoms with Gasteiger partial charge in [-0.2, -0.15) is 0 Å². The predicted octanol–water partition coefficient (Wildman–Crippen LogP) is 14.6. The van der Waals surface area contributed by atoms with Gasteiger partial charge in [0.15, 0.2) is 0 Å². The monoisotopic (exact) mass is 694 g/mol. The second-order valence-electron chi connectivity index (χ2n) is 13.8. The summed E-state index contributed by atoms with van der Waals surface area (Å²) in [4.78, 5) is 7.48. The summed E-state index contributed by atoms with van der Waals surface area (Å²) >= 11 is 0. The molecule has 0 saturated carbocycles. The molecule has 0 saturated heterocycles. The van der Waals surface area contributed by atoms with E-state index in [4.69, 9.17) is 4.99 Å². The molecular formula is C52H42N2. The second-order valence-corrected chi connectivity index (χ2v) is 13.8. The van der Waals surface area contributed by atoms with Crippen molar-refractivity contribution in [1.82, 2.24) is 0 Å². The van der Waals surface area contributed by atoms with Crippen LogP contribution in [-0.2, 0) is 0 Å². The summed E-state index contributed by atoms with van der Waals surface area (Å²) in [6.45, 7) is 6.42. The molecule has 2 nitrogen and oxygen atoms in total. The Morgan fingerprint density at radius 1 is 0.370 bits per heavy atom. The van der Waals surface area contributed by atoms with E-state index in [1.165, 1.54) is 38.9 Å². The molecule has 0 spiro atoms. The Morgan fingerprint density at radius 3 is 1.28 bits per heavy atom. The smallest absolute Gasteiger partial charge is 0.0662 e. The summed E-state index contributed by atoms with van der Waals surface area (Å²) in [5.41, 5.74) is 18.3. The molecule has 8 aromatic rings. The number of aliphatic imine (C=N–C) groups is 1. The van der Waals surface area contributed by atoms with Gasteiger partial charge in [-0.1, -0.05) is 152 Å². The van der Waals surface area contributed by atoms with E-state index in [0.717, 1.165) is 50.7 Å². The van der Waals surface area contributed by atoms with Crippen molar-refractivity contribution in [2.45, 2.75) is 20.8 Å². The number of hydrogen-bond acceptors (Lipinski definition) is 2. The zero-order valence-electron chi connectivity index (χ0n) is 30.9. The maximum atomic E-state index is 5.14. The Balaban J connectivity index is 1.18. The molecule has 0 aliphatic rings. The summed E-state index contributed by atoms with van der Waals surface area (Å²) < 4.78 is 0. The van der Waals surface area contributed by atoms with Gasteiger partial charge in [-0.25, -0.2) is 0 Å². The van der Waals surface area contributed by atoms with E-state index in [9.17, 15) is 0 Å². The highest BCUT2D eigenvalue weighted by molar-refractivity contribution is 6.07. The van der Waals surface area contributed by atoms with E-state index in [1.807, 2.05) is 0 Å². The van der Waals surface area contributed by atoms with Crippen LogP contribution in [0.3, 0.4) is 0 Å². The first kappa shape index (κ1) is 34.3. The van der Waals surface area contributed by atoms with Gasteiger partial charge in [-0.05, 0) is 125 Å². The molecule has 0 fully saturated rings. The fraction of sp³-hybridized carbons (Fsp3) is 0.0577. The molecule has 0 amide bonds. The maximum Gasteiger partial charge on any atom is 0.0662 e. The molecule has 0 aliphatic heterocycles. The van der Waals surface area contributed by atoms with Crippen LogP contribution in [0.25, 0.3) is 44.5 Å². The fourth-order valence-electron chi connectivity index (χ4n) is 7.18. The lowest BCUT2D eigenvalue weighted by molar-refractivity contribution is 1.28. The Hall–Kier alpha value is -6.77. The maximum absolute atomic E-state index is 5.14. The number of anilines is 3. The zero-order chi connectivity index (χ0) is 36.9. The van der Waals surface area contributed by atoms with Crippen LogP contribution in [0.4, 0.5) is 22.7 Å². The highest BCUT2D eigenvalue weighted by atomic mass is 15.1. The van der Waals surface area contributed by atoms with Gasteiger partial charge in [-0.3, -0.25) is 4.99 Å².